The summed E-state index contributed by atoms with van der Waals surface area (Å²) >= 11 is 0. The Kier molecular flexibility index (Phi) is 3.29. The lowest BCUT2D eigenvalue weighted by atomic mass is 9.97. The number of rotatable bonds is 3. The molecule has 3 unspecified atom stereocenters. The fraction of sp³-hybridized carbons (Fsp3) is 0.625. The van der Waals surface area contributed by atoms with Gasteiger partial charge in [0.2, 0.25) is 0 Å². The van der Waals surface area contributed by atoms with Crippen molar-refractivity contribution in [3.63, 3.8) is 0 Å². The third kappa shape index (κ3) is 2.26. The van der Waals surface area contributed by atoms with Gasteiger partial charge in [-0.25, -0.2) is 0 Å². The molecule has 98 valence electrons. The Morgan fingerprint density at radius 3 is 2.94 bits per heavy atom. The molecule has 1 aliphatic carbocycles. The molecule has 1 aromatic rings. The molecule has 2 nitrogen and oxygen atoms in total. The zero-order chi connectivity index (χ0) is 12.5. The van der Waals surface area contributed by atoms with Crippen molar-refractivity contribution in [2.45, 2.75) is 45.7 Å². The van der Waals surface area contributed by atoms with E-state index < -0.39 is 0 Å². The van der Waals surface area contributed by atoms with E-state index in [2.05, 4.69) is 37.4 Å². The lowest BCUT2D eigenvalue weighted by molar-refractivity contribution is 0.356. The van der Waals surface area contributed by atoms with E-state index in [-0.39, 0.29) is 0 Å². The number of fused-ring (bicyclic) bond motifs is 1. The van der Waals surface area contributed by atoms with Crippen molar-refractivity contribution in [1.29, 1.82) is 0 Å². The Balaban J connectivity index is 1.60. The smallest absolute Gasteiger partial charge is 0.122 e. The van der Waals surface area contributed by atoms with Crippen LogP contribution < -0.4 is 10.1 Å². The normalized spacial score (nSPS) is 30.2. The largest absolute Gasteiger partial charge is 0.493 e. The van der Waals surface area contributed by atoms with Crippen LogP contribution in [0.2, 0.25) is 0 Å². The predicted octanol–water partition coefficient (Wildman–Crippen LogP) is 3.15. The first-order chi connectivity index (χ1) is 8.74. The van der Waals surface area contributed by atoms with Gasteiger partial charge in [0.1, 0.15) is 5.75 Å². The van der Waals surface area contributed by atoms with Crippen LogP contribution in [0.5, 0.6) is 5.75 Å². The minimum Gasteiger partial charge on any atom is -0.493 e. The fourth-order valence-corrected chi connectivity index (χ4v) is 3.25. The molecule has 1 N–H and O–H groups in total. The van der Waals surface area contributed by atoms with E-state index in [9.17, 15) is 0 Å². The van der Waals surface area contributed by atoms with Crippen LogP contribution in [-0.4, -0.2) is 12.6 Å². The lowest BCUT2D eigenvalue weighted by Gasteiger charge is -2.19. The minimum absolute atomic E-state index is 0.699. The molecule has 3 atom stereocenters. The molecule has 18 heavy (non-hydrogen) atoms. The van der Waals surface area contributed by atoms with Crippen molar-refractivity contribution < 1.29 is 4.74 Å². The molecule has 1 fully saturated rings. The Labute approximate surface area is 110 Å². The maximum atomic E-state index is 5.54. The molecule has 0 aromatic heterocycles. The first-order valence-electron chi connectivity index (χ1n) is 7.22. The zero-order valence-electron chi connectivity index (χ0n) is 11.4. The van der Waals surface area contributed by atoms with E-state index in [1.54, 1.807) is 0 Å². The van der Waals surface area contributed by atoms with Gasteiger partial charge >= 0.3 is 0 Å². The molecular weight excluding hydrogens is 222 g/mol. The molecular formula is C16H23NO. The van der Waals surface area contributed by atoms with E-state index in [0.29, 0.717) is 6.04 Å². The minimum atomic E-state index is 0.699. The molecule has 0 bridgehead atoms. The number of hydrogen-bond acceptors (Lipinski definition) is 2. The van der Waals surface area contributed by atoms with Crippen molar-refractivity contribution in [1.82, 2.24) is 5.32 Å². The van der Waals surface area contributed by atoms with Gasteiger partial charge in [-0.05, 0) is 41.9 Å². The van der Waals surface area contributed by atoms with Gasteiger partial charge in [-0.2, -0.15) is 0 Å². The highest BCUT2D eigenvalue weighted by molar-refractivity contribution is 5.39. The van der Waals surface area contributed by atoms with Crippen LogP contribution in [0.3, 0.4) is 0 Å². The molecule has 1 aliphatic heterocycles. The van der Waals surface area contributed by atoms with Gasteiger partial charge in [0.25, 0.3) is 0 Å². The average Bonchev–Trinajstić information content (AvgIpc) is 2.96. The van der Waals surface area contributed by atoms with Crippen molar-refractivity contribution in [2.24, 2.45) is 11.8 Å². The van der Waals surface area contributed by atoms with E-state index >= 15 is 0 Å². The van der Waals surface area contributed by atoms with Gasteiger partial charge in [0.05, 0.1) is 6.61 Å². The summed E-state index contributed by atoms with van der Waals surface area (Å²) < 4.78 is 5.54. The quantitative estimate of drug-likeness (QED) is 0.883. The van der Waals surface area contributed by atoms with E-state index in [1.165, 1.54) is 24.0 Å². The van der Waals surface area contributed by atoms with E-state index in [1.807, 2.05) is 0 Å². The molecule has 0 radical (unpaired) electrons. The molecule has 0 amide bonds. The topological polar surface area (TPSA) is 21.3 Å². The van der Waals surface area contributed by atoms with E-state index in [4.69, 9.17) is 4.74 Å². The summed E-state index contributed by atoms with van der Waals surface area (Å²) in [5.74, 6) is 2.76. The molecule has 3 rings (SSSR count). The summed E-state index contributed by atoms with van der Waals surface area (Å²) in [6.45, 7) is 6.60. The Morgan fingerprint density at radius 2 is 2.17 bits per heavy atom. The van der Waals surface area contributed by atoms with Gasteiger partial charge in [-0.1, -0.05) is 26.0 Å². The van der Waals surface area contributed by atoms with Crippen LogP contribution >= 0.6 is 0 Å². The monoisotopic (exact) mass is 245 g/mol. The first kappa shape index (κ1) is 12.0. The summed E-state index contributed by atoms with van der Waals surface area (Å²) in [5, 5.41) is 3.73. The van der Waals surface area contributed by atoms with Crippen molar-refractivity contribution >= 4 is 0 Å². The SMILES string of the molecule is CC1CCC(NCc2ccc3c(c2)CCO3)C1C. The molecule has 0 spiro atoms. The van der Waals surface area contributed by atoms with Gasteiger partial charge < -0.3 is 10.1 Å². The van der Waals surface area contributed by atoms with Crippen LogP contribution in [-0.2, 0) is 13.0 Å². The molecule has 2 aliphatic rings. The molecule has 0 saturated heterocycles. The van der Waals surface area contributed by atoms with Crippen LogP contribution in [0.1, 0.15) is 37.8 Å². The number of benzene rings is 1. The lowest BCUT2D eigenvalue weighted by Crippen LogP contribution is -2.31. The average molecular weight is 245 g/mol. The summed E-state index contributed by atoms with van der Waals surface area (Å²) in [4.78, 5) is 0. The third-order valence-electron chi connectivity index (χ3n) is 4.79. The summed E-state index contributed by atoms with van der Waals surface area (Å²) in [7, 11) is 0. The highest BCUT2D eigenvalue weighted by atomic mass is 16.5. The highest BCUT2D eigenvalue weighted by Gasteiger charge is 2.29. The first-order valence-corrected chi connectivity index (χ1v) is 7.22. The second-order valence-electron chi connectivity index (χ2n) is 5.94. The van der Waals surface area contributed by atoms with Crippen LogP contribution in [0.25, 0.3) is 0 Å². The second-order valence-corrected chi connectivity index (χ2v) is 5.94. The Morgan fingerprint density at radius 1 is 1.28 bits per heavy atom. The number of hydrogen-bond donors (Lipinski definition) is 1. The summed E-state index contributed by atoms with van der Waals surface area (Å²) in [6.07, 6.45) is 3.77. The Hall–Kier alpha value is -1.02. The van der Waals surface area contributed by atoms with Crippen LogP contribution in [0, 0.1) is 11.8 Å². The van der Waals surface area contributed by atoms with Gasteiger partial charge in [0, 0.05) is 19.0 Å². The second kappa shape index (κ2) is 4.93. The van der Waals surface area contributed by atoms with Gasteiger partial charge in [0.15, 0.2) is 0 Å². The maximum absolute atomic E-state index is 5.54. The zero-order valence-corrected chi connectivity index (χ0v) is 11.4. The van der Waals surface area contributed by atoms with Crippen molar-refractivity contribution in [3.8, 4) is 5.75 Å². The van der Waals surface area contributed by atoms with Crippen molar-refractivity contribution in [2.75, 3.05) is 6.61 Å². The maximum Gasteiger partial charge on any atom is 0.122 e. The Bertz CT molecular complexity index is 429. The number of nitrogens with one attached hydrogen (secondary N) is 1. The van der Waals surface area contributed by atoms with Crippen LogP contribution in [0.15, 0.2) is 18.2 Å². The molecule has 1 heterocycles. The highest BCUT2D eigenvalue weighted by Crippen LogP contribution is 2.31. The van der Waals surface area contributed by atoms with Crippen molar-refractivity contribution in [3.05, 3.63) is 29.3 Å². The molecule has 1 saturated carbocycles. The summed E-state index contributed by atoms with van der Waals surface area (Å²) in [6, 6.07) is 7.32. The molecule has 1 aromatic carbocycles. The molecule has 2 heteroatoms. The fourth-order valence-electron chi connectivity index (χ4n) is 3.25. The van der Waals surface area contributed by atoms with E-state index in [0.717, 1.165) is 37.2 Å². The number of ether oxygens (including phenoxy) is 1. The summed E-state index contributed by atoms with van der Waals surface area (Å²) in [5.41, 5.74) is 2.77. The van der Waals surface area contributed by atoms with Crippen LogP contribution in [0.4, 0.5) is 0 Å². The van der Waals surface area contributed by atoms with Gasteiger partial charge in [-0.3, -0.25) is 0 Å². The predicted molar refractivity (Wildman–Crippen MR) is 73.8 cm³/mol. The third-order valence-corrected chi connectivity index (χ3v) is 4.79. The van der Waals surface area contributed by atoms with Gasteiger partial charge in [-0.15, -0.1) is 0 Å². The standard InChI is InChI=1S/C16H23NO/c1-11-3-5-15(12(11)2)17-10-13-4-6-16-14(9-13)7-8-18-16/h4,6,9,11-12,15,17H,3,5,7-8,10H2,1-2H3.